The smallest absolute Gasteiger partial charge is 0.462 e. The van der Waals surface area contributed by atoms with Gasteiger partial charge in [0.25, 0.3) is 0 Å². The van der Waals surface area contributed by atoms with Crippen molar-refractivity contribution in [2.75, 3.05) is 39.6 Å². The summed E-state index contributed by atoms with van der Waals surface area (Å²) in [4.78, 5) is 71.8. The fourth-order valence-corrected chi connectivity index (χ4v) is 10.3. The second-order valence-electron chi connectivity index (χ2n) is 22.2. The van der Waals surface area contributed by atoms with Gasteiger partial charge in [0.15, 0.2) is 12.2 Å². The minimum absolute atomic E-state index is 0.104. The van der Waals surface area contributed by atoms with Crippen LogP contribution in [0.2, 0.25) is 0 Å². The van der Waals surface area contributed by atoms with Gasteiger partial charge in [0.05, 0.1) is 26.4 Å². The van der Waals surface area contributed by atoms with Crippen LogP contribution in [-0.4, -0.2) is 96.7 Å². The highest BCUT2D eigenvalue weighted by atomic mass is 31.2. The molecule has 0 aliphatic carbocycles. The predicted octanol–water partition coefficient (Wildman–Crippen LogP) is 16.1. The first kappa shape index (κ1) is 77.1. The molecular weight excluding hydrogens is 1050 g/mol. The lowest BCUT2D eigenvalue weighted by Crippen LogP contribution is -2.30. The van der Waals surface area contributed by atoms with E-state index in [1.165, 1.54) is 83.5 Å². The molecule has 0 amide bonds. The number of aliphatic hydroxyl groups excluding tert-OH is 1. The van der Waals surface area contributed by atoms with Crippen LogP contribution in [-0.2, 0) is 65.4 Å². The number of phosphoric ester groups is 2. The van der Waals surface area contributed by atoms with Gasteiger partial charge in [-0.25, -0.2) is 9.13 Å². The van der Waals surface area contributed by atoms with Crippen molar-refractivity contribution in [2.24, 2.45) is 11.8 Å². The van der Waals surface area contributed by atoms with Crippen molar-refractivity contribution in [3.05, 3.63) is 0 Å². The van der Waals surface area contributed by atoms with E-state index in [1.807, 2.05) is 0 Å². The molecule has 0 aromatic carbocycles. The Morgan fingerprint density at radius 2 is 0.608 bits per heavy atom. The zero-order valence-electron chi connectivity index (χ0n) is 50.7. The average molecular weight is 1170 g/mol. The van der Waals surface area contributed by atoms with Crippen LogP contribution in [0.25, 0.3) is 0 Å². The monoisotopic (exact) mass is 1170 g/mol. The summed E-state index contributed by atoms with van der Waals surface area (Å²) in [5.74, 6) is -0.613. The third kappa shape index (κ3) is 52.6. The first-order valence-electron chi connectivity index (χ1n) is 31.6. The number of carbonyl (C=O) groups excluding carboxylic acids is 4. The minimum atomic E-state index is -4.94. The van der Waals surface area contributed by atoms with E-state index >= 15 is 0 Å². The Morgan fingerprint density at radius 3 is 0.899 bits per heavy atom. The Bertz CT molecular complexity index is 1570. The third-order valence-electron chi connectivity index (χ3n) is 14.4. The van der Waals surface area contributed by atoms with Crippen LogP contribution in [0, 0.1) is 11.8 Å². The summed E-state index contributed by atoms with van der Waals surface area (Å²) in [6.07, 6.45) is 33.6. The normalized spacial score (nSPS) is 15.1. The summed E-state index contributed by atoms with van der Waals surface area (Å²) in [5, 5.41) is 10.5. The highest BCUT2D eigenvalue weighted by molar-refractivity contribution is 7.47. The molecule has 0 saturated carbocycles. The number of esters is 4. The molecule has 468 valence electrons. The van der Waals surface area contributed by atoms with Crippen molar-refractivity contribution < 1.29 is 80.2 Å². The van der Waals surface area contributed by atoms with E-state index < -0.39 is 97.5 Å². The molecule has 0 radical (unpaired) electrons. The van der Waals surface area contributed by atoms with E-state index in [2.05, 4.69) is 41.5 Å². The van der Waals surface area contributed by atoms with Gasteiger partial charge in [-0.1, -0.05) is 241 Å². The van der Waals surface area contributed by atoms with Crippen molar-refractivity contribution in [2.45, 2.75) is 310 Å². The highest BCUT2D eigenvalue weighted by Crippen LogP contribution is 2.45. The van der Waals surface area contributed by atoms with Crippen molar-refractivity contribution in [1.82, 2.24) is 0 Å². The van der Waals surface area contributed by atoms with E-state index in [0.717, 1.165) is 127 Å². The van der Waals surface area contributed by atoms with E-state index in [0.29, 0.717) is 25.7 Å². The second kappa shape index (κ2) is 52.8. The van der Waals surface area contributed by atoms with Crippen molar-refractivity contribution in [3.63, 3.8) is 0 Å². The number of hydrogen-bond donors (Lipinski definition) is 3. The van der Waals surface area contributed by atoms with Gasteiger partial charge in [-0.2, -0.15) is 0 Å². The predicted molar refractivity (Wildman–Crippen MR) is 312 cm³/mol. The molecular formula is C60H116O17P2. The molecule has 0 heterocycles. The number of unbranched alkanes of at least 4 members (excludes halogenated alkanes) is 27. The van der Waals surface area contributed by atoms with Crippen molar-refractivity contribution >= 4 is 39.5 Å². The summed E-state index contributed by atoms with van der Waals surface area (Å²) in [6.45, 7) is 9.38. The number of hydrogen-bond acceptors (Lipinski definition) is 15. The maximum atomic E-state index is 12.9. The Hall–Kier alpha value is -1.94. The van der Waals surface area contributed by atoms with E-state index in [-0.39, 0.29) is 25.7 Å². The molecule has 4 unspecified atom stereocenters. The average Bonchev–Trinajstić information content (AvgIpc) is 3.42. The van der Waals surface area contributed by atoms with Crippen LogP contribution in [0.3, 0.4) is 0 Å². The van der Waals surface area contributed by atoms with Crippen LogP contribution in [0.1, 0.15) is 292 Å². The van der Waals surface area contributed by atoms with Gasteiger partial charge in [-0.3, -0.25) is 37.3 Å². The van der Waals surface area contributed by atoms with E-state index in [1.54, 1.807) is 0 Å². The Kier molecular flexibility index (Phi) is 51.5. The topological polar surface area (TPSA) is 237 Å². The van der Waals surface area contributed by atoms with Gasteiger partial charge >= 0.3 is 39.5 Å². The summed E-state index contributed by atoms with van der Waals surface area (Å²) in [5.41, 5.74) is 0. The van der Waals surface area contributed by atoms with Gasteiger partial charge in [0, 0.05) is 25.7 Å². The lowest BCUT2D eigenvalue weighted by atomic mass is 9.99. The summed E-state index contributed by atoms with van der Waals surface area (Å²) < 4.78 is 67.7. The fraction of sp³-hybridized carbons (Fsp3) is 0.933. The van der Waals surface area contributed by atoms with Gasteiger partial charge in [-0.15, -0.1) is 0 Å². The number of ether oxygens (including phenoxy) is 4. The molecule has 0 spiro atoms. The molecule has 0 aliphatic heterocycles. The molecule has 0 saturated heterocycles. The number of carbonyl (C=O) groups is 4. The molecule has 0 aromatic rings. The van der Waals surface area contributed by atoms with Gasteiger partial charge in [-0.05, 0) is 37.5 Å². The largest absolute Gasteiger partial charge is 0.472 e. The lowest BCUT2D eigenvalue weighted by Gasteiger charge is -2.21. The van der Waals surface area contributed by atoms with Crippen LogP contribution in [0.15, 0.2) is 0 Å². The number of phosphoric acid groups is 2. The zero-order valence-corrected chi connectivity index (χ0v) is 52.4. The van der Waals surface area contributed by atoms with Crippen LogP contribution < -0.4 is 0 Å². The van der Waals surface area contributed by atoms with Gasteiger partial charge < -0.3 is 33.8 Å². The Morgan fingerprint density at radius 1 is 0.354 bits per heavy atom. The summed E-state index contributed by atoms with van der Waals surface area (Å²) in [7, 11) is -9.87. The standard InChI is InChI=1S/C60H116O17P2/c1-7-11-13-15-17-24-32-38-44-59(64)76-55(48-70-57(62)42-36-30-22-16-14-12-8-2)50-74-78(66,67)72-46-54(61)47-73-79(68,69)75-51-56(49-71-58(63)43-37-31-27-26-29-35-41-53(6)10-4)77-60(65)45-39-33-25-21-19-18-20-23-28-34-40-52(5)9-3/h52-56,61H,7-51H2,1-6H3,(H,66,67)(H,68,69)/t52?,53?,54-,55+,56+/m0/s1. The molecule has 17 nitrogen and oxygen atoms in total. The SMILES string of the molecule is CCCCCCCCCCC(=O)O[C@H](COC(=O)CCCCCCCCC)COP(=O)(O)OC[C@H](O)COP(=O)(O)OC[C@@H](COC(=O)CCCCCCCCC(C)CC)OC(=O)CCCCCCCCCCCCC(C)CC. The summed E-state index contributed by atoms with van der Waals surface area (Å²) >= 11 is 0. The van der Waals surface area contributed by atoms with E-state index in [4.69, 9.17) is 37.0 Å². The molecule has 0 aromatic heterocycles. The van der Waals surface area contributed by atoms with Gasteiger partial charge in [0.2, 0.25) is 0 Å². The van der Waals surface area contributed by atoms with Crippen molar-refractivity contribution in [3.8, 4) is 0 Å². The third-order valence-corrected chi connectivity index (χ3v) is 16.3. The Balaban J connectivity index is 5.21. The van der Waals surface area contributed by atoms with E-state index in [9.17, 15) is 43.2 Å². The molecule has 7 atom stereocenters. The molecule has 0 fully saturated rings. The second-order valence-corrected chi connectivity index (χ2v) is 25.1. The lowest BCUT2D eigenvalue weighted by molar-refractivity contribution is -0.161. The fourth-order valence-electron chi connectivity index (χ4n) is 8.76. The van der Waals surface area contributed by atoms with Crippen LogP contribution in [0.5, 0.6) is 0 Å². The van der Waals surface area contributed by atoms with Crippen molar-refractivity contribution in [1.29, 1.82) is 0 Å². The molecule has 3 N–H and O–H groups in total. The molecule has 79 heavy (non-hydrogen) atoms. The number of rotatable bonds is 59. The maximum absolute atomic E-state index is 12.9. The molecule has 0 bridgehead atoms. The maximum Gasteiger partial charge on any atom is 0.472 e. The first-order chi connectivity index (χ1) is 37.9. The minimum Gasteiger partial charge on any atom is -0.462 e. The zero-order chi connectivity index (χ0) is 58.7. The summed E-state index contributed by atoms with van der Waals surface area (Å²) in [6, 6.07) is 0. The Labute approximate surface area is 479 Å². The molecule has 19 heteroatoms. The van der Waals surface area contributed by atoms with Crippen LogP contribution in [0.4, 0.5) is 0 Å². The molecule has 0 rings (SSSR count). The van der Waals surface area contributed by atoms with Gasteiger partial charge in [0.1, 0.15) is 19.3 Å². The highest BCUT2D eigenvalue weighted by Gasteiger charge is 2.30. The number of aliphatic hydroxyl groups is 1. The first-order valence-corrected chi connectivity index (χ1v) is 34.6. The molecule has 0 aliphatic rings. The quantitative estimate of drug-likeness (QED) is 0.0222. The van der Waals surface area contributed by atoms with Crippen LogP contribution >= 0.6 is 15.6 Å².